The van der Waals surface area contributed by atoms with E-state index in [0.717, 1.165) is 38.3 Å². The third-order valence-electron chi connectivity index (χ3n) is 5.29. The summed E-state index contributed by atoms with van der Waals surface area (Å²) in [7, 11) is 0. The van der Waals surface area contributed by atoms with Crippen LogP contribution in [0, 0.1) is 0 Å². The van der Waals surface area contributed by atoms with Crippen LogP contribution in [0.4, 0.5) is 5.69 Å². The van der Waals surface area contributed by atoms with E-state index in [1.165, 1.54) is 31.7 Å². The predicted molar refractivity (Wildman–Crippen MR) is 95.9 cm³/mol. The van der Waals surface area contributed by atoms with Crippen molar-refractivity contribution in [1.29, 1.82) is 0 Å². The number of aliphatic hydroxyl groups is 1. The van der Waals surface area contributed by atoms with Crippen LogP contribution in [0.15, 0.2) is 24.3 Å². The van der Waals surface area contributed by atoms with E-state index in [4.69, 9.17) is 0 Å². The molecule has 0 radical (unpaired) electrons. The van der Waals surface area contributed by atoms with Gasteiger partial charge in [-0.1, -0.05) is 12.1 Å². The lowest BCUT2D eigenvalue weighted by atomic mass is 10.1. The Labute approximate surface area is 144 Å². The zero-order valence-corrected chi connectivity index (χ0v) is 14.6. The Morgan fingerprint density at radius 3 is 2.71 bits per heavy atom. The average molecular weight is 331 g/mol. The van der Waals surface area contributed by atoms with Crippen molar-refractivity contribution in [2.45, 2.75) is 51.2 Å². The number of carbonyl (C=O) groups excluding carboxylic acids is 1. The van der Waals surface area contributed by atoms with E-state index in [0.29, 0.717) is 12.1 Å². The van der Waals surface area contributed by atoms with Gasteiger partial charge < -0.3 is 10.4 Å². The van der Waals surface area contributed by atoms with E-state index in [9.17, 15) is 9.90 Å². The van der Waals surface area contributed by atoms with Gasteiger partial charge >= 0.3 is 0 Å². The van der Waals surface area contributed by atoms with Crippen molar-refractivity contribution in [2.24, 2.45) is 0 Å². The van der Waals surface area contributed by atoms with E-state index >= 15 is 0 Å². The van der Waals surface area contributed by atoms with Gasteiger partial charge in [0, 0.05) is 37.8 Å². The highest BCUT2D eigenvalue weighted by molar-refractivity contribution is 5.88. The number of benzene rings is 1. The number of rotatable bonds is 6. The maximum absolute atomic E-state index is 11.2. The summed E-state index contributed by atoms with van der Waals surface area (Å²) in [6, 6.07) is 9.07. The van der Waals surface area contributed by atoms with E-state index in [-0.39, 0.29) is 12.5 Å². The molecule has 132 valence electrons. The van der Waals surface area contributed by atoms with Gasteiger partial charge in [-0.05, 0) is 56.5 Å². The molecule has 24 heavy (non-hydrogen) atoms. The second-order valence-corrected chi connectivity index (χ2v) is 7.12. The average Bonchev–Trinajstić information content (AvgIpc) is 3.17. The Kier molecular flexibility index (Phi) is 5.87. The molecule has 1 aromatic carbocycles. The monoisotopic (exact) mass is 331 g/mol. The minimum Gasteiger partial charge on any atom is -0.395 e. The van der Waals surface area contributed by atoms with Crippen LogP contribution in [0.25, 0.3) is 0 Å². The standard InChI is InChI=1S/C19H29N3O2/c1-15(24)20-17-6-2-5-16(11-17)12-21-9-3-7-18(21)13-22-10-4-8-19(22)14-23/h2,5-6,11,18-19,23H,3-4,7-10,12-14H2,1H3,(H,20,24)/t18-,19-/m1/s1. The van der Waals surface area contributed by atoms with Crippen molar-refractivity contribution < 1.29 is 9.90 Å². The van der Waals surface area contributed by atoms with Crippen LogP contribution < -0.4 is 5.32 Å². The number of nitrogens with one attached hydrogen (secondary N) is 1. The number of aliphatic hydroxyl groups excluding tert-OH is 1. The van der Waals surface area contributed by atoms with Gasteiger partial charge in [0.05, 0.1) is 6.61 Å². The molecule has 0 saturated carbocycles. The molecule has 0 aromatic heterocycles. The Morgan fingerprint density at radius 2 is 1.96 bits per heavy atom. The van der Waals surface area contributed by atoms with Gasteiger partial charge in [-0.25, -0.2) is 0 Å². The maximum atomic E-state index is 11.2. The van der Waals surface area contributed by atoms with Crippen LogP contribution >= 0.6 is 0 Å². The van der Waals surface area contributed by atoms with E-state index in [1.54, 1.807) is 0 Å². The molecule has 2 saturated heterocycles. The summed E-state index contributed by atoms with van der Waals surface area (Å²) in [5, 5.41) is 12.4. The highest BCUT2D eigenvalue weighted by Gasteiger charge is 2.31. The van der Waals surface area contributed by atoms with Gasteiger partial charge in [-0.2, -0.15) is 0 Å². The second-order valence-electron chi connectivity index (χ2n) is 7.12. The summed E-state index contributed by atoms with van der Waals surface area (Å²) < 4.78 is 0. The number of carbonyl (C=O) groups is 1. The van der Waals surface area contributed by atoms with Crippen molar-refractivity contribution in [3.8, 4) is 0 Å². The molecule has 0 unspecified atom stereocenters. The Balaban J connectivity index is 1.60. The number of hydrogen-bond donors (Lipinski definition) is 2. The van der Waals surface area contributed by atoms with Crippen molar-refractivity contribution >= 4 is 11.6 Å². The number of amides is 1. The Hall–Kier alpha value is -1.43. The van der Waals surface area contributed by atoms with Crippen molar-refractivity contribution in [3.05, 3.63) is 29.8 Å². The van der Waals surface area contributed by atoms with Crippen LogP contribution in [-0.2, 0) is 11.3 Å². The summed E-state index contributed by atoms with van der Waals surface area (Å²) >= 11 is 0. The minimum atomic E-state index is -0.0322. The largest absolute Gasteiger partial charge is 0.395 e. The zero-order valence-electron chi connectivity index (χ0n) is 14.6. The smallest absolute Gasteiger partial charge is 0.221 e. The normalized spacial score (nSPS) is 25.2. The lowest BCUT2D eigenvalue weighted by Crippen LogP contribution is -2.43. The molecule has 0 aliphatic carbocycles. The lowest BCUT2D eigenvalue weighted by molar-refractivity contribution is -0.114. The molecular formula is C19H29N3O2. The van der Waals surface area contributed by atoms with Crippen LogP contribution in [0.2, 0.25) is 0 Å². The molecule has 2 fully saturated rings. The summed E-state index contributed by atoms with van der Waals surface area (Å²) in [6.07, 6.45) is 4.81. The van der Waals surface area contributed by atoms with E-state index in [2.05, 4.69) is 27.2 Å². The van der Waals surface area contributed by atoms with Crippen molar-refractivity contribution in [3.63, 3.8) is 0 Å². The SMILES string of the molecule is CC(=O)Nc1cccc(CN2CCC[C@@H]2CN2CCC[C@@H]2CO)c1. The van der Waals surface area contributed by atoms with Crippen LogP contribution in [-0.4, -0.2) is 59.1 Å². The number of anilines is 1. The van der Waals surface area contributed by atoms with Crippen LogP contribution in [0.1, 0.15) is 38.2 Å². The van der Waals surface area contributed by atoms with Crippen LogP contribution in [0.3, 0.4) is 0 Å². The number of hydrogen-bond acceptors (Lipinski definition) is 4. The minimum absolute atomic E-state index is 0.0322. The molecule has 3 rings (SSSR count). The molecular weight excluding hydrogens is 302 g/mol. The Bertz CT molecular complexity index is 563. The first kappa shape index (κ1) is 17.4. The van der Waals surface area contributed by atoms with Crippen LogP contribution in [0.5, 0.6) is 0 Å². The summed E-state index contributed by atoms with van der Waals surface area (Å²) in [6.45, 7) is 6.06. The number of nitrogens with zero attached hydrogens (tertiary/aromatic N) is 2. The maximum Gasteiger partial charge on any atom is 0.221 e. The molecule has 0 bridgehead atoms. The van der Waals surface area contributed by atoms with Gasteiger partial charge in [0.1, 0.15) is 0 Å². The highest BCUT2D eigenvalue weighted by atomic mass is 16.3. The fraction of sp³-hybridized carbons (Fsp3) is 0.632. The van der Waals surface area contributed by atoms with Gasteiger partial charge in [0.2, 0.25) is 5.91 Å². The molecule has 5 nitrogen and oxygen atoms in total. The molecule has 5 heteroatoms. The van der Waals surface area contributed by atoms with Gasteiger partial charge in [-0.3, -0.25) is 14.6 Å². The molecule has 2 N–H and O–H groups in total. The molecule has 0 spiro atoms. The fourth-order valence-electron chi connectivity index (χ4n) is 4.11. The highest BCUT2D eigenvalue weighted by Crippen LogP contribution is 2.25. The molecule has 2 aliphatic heterocycles. The van der Waals surface area contributed by atoms with E-state index < -0.39 is 0 Å². The number of likely N-dealkylation sites (tertiary alicyclic amines) is 2. The summed E-state index contributed by atoms with van der Waals surface area (Å²) in [5.41, 5.74) is 2.11. The lowest BCUT2D eigenvalue weighted by Gasteiger charge is -2.31. The molecule has 1 amide bonds. The summed E-state index contributed by atoms with van der Waals surface area (Å²) in [5.74, 6) is -0.0322. The molecule has 1 aromatic rings. The first-order valence-corrected chi connectivity index (χ1v) is 9.11. The predicted octanol–water partition coefficient (Wildman–Crippen LogP) is 2.07. The van der Waals surface area contributed by atoms with Gasteiger partial charge in [-0.15, -0.1) is 0 Å². The first-order valence-electron chi connectivity index (χ1n) is 9.11. The fourth-order valence-corrected chi connectivity index (χ4v) is 4.11. The topological polar surface area (TPSA) is 55.8 Å². The third kappa shape index (κ3) is 4.35. The van der Waals surface area contributed by atoms with Gasteiger partial charge in [0.15, 0.2) is 0 Å². The zero-order chi connectivity index (χ0) is 16.9. The van der Waals surface area contributed by atoms with Gasteiger partial charge in [0.25, 0.3) is 0 Å². The quantitative estimate of drug-likeness (QED) is 0.838. The summed E-state index contributed by atoms with van der Waals surface area (Å²) in [4.78, 5) is 16.3. The van der Waals surface area contributed by atoms with Crippen molar-refractivity contribution in [1.82, 2.24) is 9.80 Å². The second kappa shape index (κ2) is 8.10. The molecule has 2 aliphatic rings. The molecule has 2 heterocycles. The van der Waals surface area contributed by atoms with E-state index in [1.807, 2.05) is 12.1 Å². The third-order valence-corrected chi connectivity index (χ3v) is 5.29. The van der Waals surface area contributed by atoms with Crippen molar-refractivity contribution in [2.75, 3.05) is 31.6 Å². The first-order chi connectivity index (χ1) is 11.7. The molecule has 2 atom stereocenters. The Morgan fingerprint density at radius 1 is 1.21 bits per heavy atom.